The number of nitrogens with zero attached hydrogens (tertiary/aromatic N) is 3. The Balaban J connectivity index is 1.59. The quantitative estimate of drug-likeness (QED) is 0.671. The Bertz CT molecular complexity index is 829. The first-order chi connectivity index (χ1) is 12.1. The molecule has 0 amide bonds. The molecule has 0 bridgehead atoms. The van der Waals surface area contributed by atoms with Gasteiger partial charge in [0.05, 0.1) is 6.54 Å². The molecule has 0 aliphatic carbocycles. The van der Waals surface area contributed by atoms with Crippen LogP contribution in [0.4, 0.5) is 0 Å². The minimum atomic E-state index is -0.704. The number of aromatic nitrogens is 3. The first kappa shape index (κ1) is 16.9. The number of pyridine rings is 1. The van der Waals surface area contributed by atoms with Crippen LogP contribution in [0.3, 0.4) is 0 Å². The third-order valence-corrected chi connectivity index (χ3v) is 3.72. The van der Waals surface area contributed by atoms with Crippen LogP contribution in [0, 0.1) is 0 Å². The van der Waals surface area contributed by atoms with Gasteiger partial charge in [0.2, 0.25) is 0 Å². The van der Waals surface area contributed by atoms with E-state index in [9.17, 15) is 9.90 Å². The van der Waals surface area contributed by atoms with E-state index >= 15 is 0 Å². The number of aliphatic hydroxyl groups is 1. The molecule has 3 rings (SSSR count). The summed E-state index contributed by atoms with van der Waals surface area (Å²) < 4.78 is 7.43. The van der Waals surface area contributed by atoms with Gasteiger partial charge in [0.1, 0.15) is 24.2 Å². The molecular weight excluding hydrogens is 318 g/mol. The number of rotatable bonds is 7. The van der Waals surface area contributed by atoms with Crippen molar-refractivity contribution in [3.63, 3.8) is 0 Å². The highest BCUT2D eigenvalue weighted by Crippen LogP contribution is 2.16. The summed E-state index contributed by atoms with van der Waals surface area (Å²) in [7, 11) is 0. The summed E-state index contributed by atoms with van der Waals surface area (Å²) >= 11 is 0. The molecule has 0 spiro atoms. The number of aliphatic hydroxyl groups excluding tert-OH is 1. The van der Waals surface area contributed by atoms with E-state index in [1.54, 1.807) is 42.9 Å². The van der Waals surface area contributed by atoms with Crippen molar-refractivity contribution in [2.75, 3.05) is 6.61 Å². The number of ketones is 1. The molecule has 25 heavy (non-hydrogen) atoms. The fourth-order valence-corrected chi connectivity index (χ4v) is 2.44. The molecule has 6 nitrogen and oxygen atoms in total. The Morgan fingerprint density at radius 3 is 2.64 bits per heavy atom. The first-order valence-corrected chi connectivity index (χ1v) is 7.98. The van der Waals surface area contributed by atoms with Gasteiger partial charge in [-0.15, -0.1) is 0 Å². The zero-order valence-corrected chi connectivity index (χ0v) is 13.9. The molecule has 3 aromatic rings. The molecule has 0 saturated heterocycles. The molecule has 0 saturated carbocycles. The second-order valence-corrected chi connectivity index (χ2v) is 5.66. The standard InChI is InChI=1S/C19H19N3O3/c1-14(23)15-5-7-17(8-6-15)25-13-16(24)12-22-11-10-21-19(22)18-4-2-3-9-20-18/h2-11,16,24H,12-13H2,1H3. The van der Waals surface area contributed by atoms with Gasteiger partial charge in [0.25, 0.3) is 0 Å². The predicted molar refractivity (Wildman–Crippen MR) is 93.4 cm³/mol. The predicted octanol–water partition coefficient (Wildman–Crippen LogP) is 2.59. The summed E-state index contributed by atoms with van der Waals surface area (Å²) in [5.74, 6) is 1.32. The van der Waals surface area contributed by atoms with Crippen LogP contribution in [0.1, 0.15) is 17.3 Å². The van der Waals surface area contributed by atoms with Crippen LogP contribution in [0.15, 0.2) is 61.1 Å². The largest absolute Gasteiger partial charge is 0.491 e. The van der Waals surface area contributed by atoms with Gasteiger partial charge in [-0.2, -0.15) is 0 Å². The highest BCUT2D eigenvalue weighted by Gasteiger charge is 2.12. The Labute approximate surface area is 145 Å². The number of Topliss-reactive ketones (excluding diaryl/α,β-unsaturated/α-hetero) is 1. The molecule has 2 aromatic heterocycles. The van der Waals surface area contributed by atoms with E-state index in [0.717, 1.165) is 5.69 Å². The van der Waals surface area contributed by atoms with Crippen LogP contribution < -0.4 is 4.74 Å². The number of carbonyl (C=O) groups excluding carboxylic acids is 1. The van der Waals surface area contributed by atoms with Crippen LogP contribution in [0.5, 0.6) is 5.75 Å². The molecule has 2 heterocycles. The highest BCUT2D eigenvalue weighted by molar-refractivity contribution is 5.94. The third kappa shape index (κ3) is 4.30. The minimum Gasteiger partial charge on any atom is -0.491 e. The van der Waals surface area contributed by atoms with Gasteiger partial charge in [-0.3, -0.25) is 9.78 Å². The maximum Gasteiger partial charge on any atom is 0.159 e. The number of hydrogen-bond acceptors (Lipinski definition) is 5. The number of hydrogen-bond donors (Lipinski definition) is 1. The third-order valence-electron chi connectivity index (χ3n) is 3.72. The fraction of sp³-hybridized carbons (Fsp3) is 0.211. The maximum absolute atomic E-state index is 11.3. The second kappa shape index (κ2) is 7.72. The number of ether oxygens (including phenoxy) is 1. The van der Waals surface area contributed by atoms with Crippen LogP contribution in [0.2, 0.25) is 0 Å². The molecule has 6 heteroatoms. The van der Waals surface area contributed by atoms with Crippen LogP contribution in [0.25, 0.3) is 11.5 Å². The average Bonchev–Trinajstić information content (AvgIpc) is 3.09. The van der Waals surface area contributed by atoms with Gasteiger partial charge < -0.3 is 14.4 Å². The van der Waals surface area contributed by atoms with Crippen LogP contribution in [-0.4, -0.2) is 38.1 Å². The molecule has 1 atom stereocenters. The lowest BCUT2D eigenvalue weighted by Gasteiger charge is -2.14. The van der Waals surface area contributed by atoms with E-state index in [-0.39, 0.29) is 12.4 Å². The van der Waals surface area contributed by atoms with Crippen molar-refractivity contribution in [2.24, 2.45) is 0 Å². The monoisotopic (exact) mass is 337 g/mol. The Morgan fingerprint density at radius 1 is 1.16 bits per heavy atom. The summed E-state index contributed by atoms with van der Waals surface area (Å²) in [5, 5.41) is 10.2. The molecular formula is C19H19N3O3. The zero-order chi connectivity index (χ0) is 17.6. The van der Waals surface area contributed by atoms with Gasteiger partial charge in [-0.25, -0.2) is 4.98 Å². The summed E-state index contributed by atoms with van der Waals surface area (Å²) in [6, 6.07) is 12.5. The van der Waals surface area contributed by atoms with Crippen molar-refractivity contribution < 1.29 is 14.6 Å². The lowest BCUT2D eigenvalue weighted by Crippen LogP contribution is -2.23. The minimum absolute atomic E-state index is 0.00810. The molecule has 0 aliphatic heterocycles. The molecule has 1 N–H and O–H groups in total. The Morgan fingerprint density at radius 2 is 1.96 bits per heavy atom. The van der Waals surface area contributed by atoms with E-state index < -0.39 is 6.10 Å². The lowest BCUT2D eigenvalue weighted by atomic mass is 10.1. The van der Waals surface area contributed by atoms with Crippen LogP contribution in [-0.2, 0) is 6.54 Å². The summed E-state index contributed by atoms with van der Waals surface area (Å²) in [6.45, 7) is 2.00. The Hall–Kier alpha value is -2.99. The number of imidazole rings is 1. The van der Waals surface area contributed by atoms with Gasteiger partial charge in [-0.05, 0) is 43.3 Å². The second-order valence-electron chi connectivity index (χ2n) is 5.66. The molecule has 1 aromatic carbocycles. The van der Waals surface area contributed by atoms with Crippen molar-refractivity contribution in [2.45, 2.75) is 19.6 Å². The maximum atomic E-state index is 11.3. The van der Waals surface area contributed by atoms with Crippen LogP contribution >= 0.6 is 0 Å². The summed E-state index contributed by atoms with van der Waals surface area (Å²) in [6.07, 6.45) is 4.48. The summed E-state index contributed by atoms with van der Waals surface area (Å²) in [4.78, 5) is 19.8. The van der Waals surface area contributed by atoms with Crippen molar-refractivity contribution in [3.8, 4) is 17.3 Å². The van der Waals surface area contributed by atoms with Gasteiger partial charge in [0.15, 0.2) is 11.6 Å². The van der Waals surface area contributed by atoms with Crippen molar-refractivity contribution >= 4 is 5.78 Å². The normalized spacial score (nSPS) is 11.9. The molecule has 128 valence electrons. The molecule has 1 unspecified atom stereocenters. The fourth-order valence-electron chi connectivity index (χ4n) is 2.44. The summed E-state index contributed by atoms with van der Waals surface area (Å²) in [5.41, 5.74) is 1.38. The molecule has 0 radical (unpaired) electrons. The van der Waals surface area contributed by atoms with Gasteiger partial charge in [0, 0.05) is 24.2 Å². The number of carbonyl (C=O) groups is 1. The Kier molecular flexibility index (Phi) is 5.20. The molecule has 0 fully saturated rings. The smallest absolute Gasteiger partial charge is 0.159 e. The lowest BCUT2D eigenvalue weighted by molar-refractivity contribution is 0.0927. The van der Waals surface area contributed by atoms with E-state index in [1.165, 1.54) is 6.92 Å². The van der Waals surface area contributed by atoms with Gasteiger partial charge >= 0.3 is 0 Å². The zero-order valence-electron chi connectivity index (χ0n) is 13.9. The van der Waals surface area contributed by atoms with Crippen molar-refractivity contribution in [1.82, 2.24) is 14.5 Å². The van der Waals surface area contributed by atoms with E-state index in [0.29, 0.717) is 23.7 Å². The van der Waals surface area contributed by atoms with Gasteiger partial charge in [-0.1, -0.05) is 6.07 Å². The first-order valence-electron chi connectivity index (χ1n) is 7.98. The topological polar surface area (TPSA) is 77.2 Å². The van der Waals surface area contributed by atoms with Crippen molar-refractivity contribution in [3.05, 3.63) is 66.6 Å². The molecule has 0 aliphatic rings. The van der Waals surface area contributed by atoms with Crippen molar-refractivity contribution in [1.29, 1.82) is 0 Å². The average molecular weight is 337 g/mol. The van der Waals surface area contributed by atoms with E-state index in [4.69, 9.17) is 4.74 Å². The number of benzene rings is 1. The highest BCUT2D eigenvalue weighted by atomic mass is 16.5. The van der Waals surface area contributed by atoms with E-state index in [2.05, 4.69) is 9.97 Å². The van der Waals surface area contributed by atoms with E-state index in [1.807, 2.05) is 22.8 Å². The SMILES string of the molecule is CC(=O)c1ccc(OCC(O)Cn2ccnc2-c2ccccn2)cc1.